The Bertz CT molecular complexity index is 617. The Morgan fingerprint density at radius 2 is 1.80 bits per heavy atom. The molecule has 25 heavy (non-hydrogen) atoms. The van der Waals surface area contributed by atoms with Gasteiger partial charge in [0.25, 0.3) is 0 Å². The van der Waals surface area contributed by atoms with Crippen molar-refractivity contribution >= 4 is 29.9 Å². The number of rotatable bonds is 3. The normalized spacial score (nSPS) is 22.3. The minimum absolute atomic E-state index is 0. The Balaban J connectivity index is 0.00000225. The van der Waals surface area contributed by atoms with Gasteiger partial charge in [0.05, 0.1) is 18.7 Å². The zero-order valence-electron chi connectivity index (χ0n) is 13.8. The van der Waals surface area contributed by atoms with Crippen LogP contribution >= 0.6 is 24.0 Å². The van der Waals surface area contributed by atoms with Crippen LogP contribution in [0.1, 0.15) is 18.5 Å². The Labute approximate surface area is 160 Å². The molecule has 0 aliphatic carbocycles. The van der Waals surface area contributed by atoms with Crippen LogP contribution in [-0.4, -0.2) is 60.8 Å². The monoisotopic (exact) mass is 473 g/mol. The molecule has 0 spiro atoms. The number of alkyl halides is 3. The Hall–Kier alpha value is -1.10. The maximum atomic E-state index is 13.0. The lowest BCUT2D eigenvalue weighted by atomic mass is 10.1. The van der Waals surface area contributed by atoms with Gasteiger partial charge in [-0.1, -0.05) is 12.1 Å². The van der Waals surface area contributed by atoms with Crippen LogP contribution in [0.4, 0.5) is 17.6 Å². The molecule has 2 heterocycles. The molecule has 9 heteroatoms. The van der Waals surface area contributed by atoms with Crippen molar-refractivity contribution in [2.24, 2.45) is 4.99 Å². The largest absolute Gasteiger partial charge is 0.414 e. The van der Waals surface area contributed by atoms with Crippen molar-refractivity contribution in [2.45, 2.75) is 31.3 Å². The van der Waals surface area contributed by atoms with Crippen LogP contribution in [0.3, 0.4) is 0 Å². The lowest BCUT2D eigenvalue weighted by Gasteiger charge is -2.43. The summed E-state index contributed by atoms with van der Waals surface area (Å²) >= 11 is 0. The van der Waals surface area contributed by atoms with Gasteiger partial charge in [0.15, 0.2) is 12.1 Å². The highest BCUT2D eigenvalue weighted by atomic mass is 127. The SMILES string of the molecule is CC(OC1CN(C2=NCC(c3ccc(F)cc3)N2C)C1)C(F)(F)F.I. The lowest BCUT2D eigenvalue weighted by molar-refractivity contribution is -0.236. The molecular formula is C16H20F4IN3O. The fourth-order valence-electron chi connectivity index (χ4n) is 2.93. The fraction of sp³-hybridized carbons (Fsp3) is 0.562. The molecule has 1 fully saturated rings. The highest BCUT2D eigenvalue weighted by Crippen LogP contribution is 2.30. The smallest absolute Gasteiger partial charge is 0.362 e. The minimum atomic E-state index is -4.34. The first-order chi connectivity index (χ1) is 11.3. The minimum Gasteiger partial charge on any atom is -0.362 e. The lowest BCUT2D eigenvalue weighted by Crippen LogP contribution is -2.59. The van der Waals surface area contributed by atoms with Crippen LogP contribution in [0.5, 0.6) is 0 Å². The van der Waals surface area contributed by atoms with Crippen molar-refractivity contribution in [1.82, 2.24) is 9.80 Å². The van der Waals surface area contributed by atoms with Crippen LogP contribution in [0, 0.1) is 5.82 Å². The summed E-state index contributed by atoms with van der Waals surface area (Å²) in [7, 11) is 1.88. The van der Waals surface area contributed by atoms with E-state index in [0.29, 0.717) is 19.6 Å². The highest BCUT2D eigenvalue weighted by Gasteiger charge is 2.42. The van der Waals surface area contributed by atoms with Gasteiger partial charge in [0, 0.05) is 20.1 Å². The highest BCUT2D eigenvalue weighted by molar-refractivity contribution is 14.0. The first-order valence-corrected chi connectivity index (χ1v) is 7.75. The molecule has 140 valence electrons. The third kappa shape index (κ3) is 4.36. The average molecular weight is 473 g/mol. The summed E-state index contributed by atoms with van der Waals surface area (Å²) in [4.78, 5) is 8.35. The number of guanidine groups is 1. The van der Waals surface area contributed by atoms with E-state index in [1.54, 1.807) is 12.1 Å². The third-order valence-corrected chi connectivity index (χ3v) is 4.43. The zero-order chi connectivity index (χ0) is 17.5. The quantitative estimate of drug-likeness (QED) is 0.498. The summed E-state index contributed by atoms with van der Waals surface area (Å²) in [6, 6.07) is 6.28. The molecule has 2 unspecified atom stereocenters. The number of hydrogen-bond acceptors (Lipinski definition) is 4. The van der Waals surface area contributed by atoms with Crippen LogP contribution in [0.15, 0.2) is 29.3 Å². The van der Waals surface area contributed by atoms with Gasteiger partial charge in [0.2, 0.25) is 0 Å². The number of halogens is 5. The Kier molecular flexibility index (Phi) is 6.18. The number of likely N-dealkylation sites (N-methyl/N-ethyl adjacent to an activating group) is 1. The van der Waals surface area contributed by atoms with Gasteiger partial charge in [-0.05, 0) is 24.6 Å². The van der Waals surface area contributed by atoms with Crippen molar-refractivity contribution in [3.8, 4) is 0 Å². The topological polar surface area (TPSA) is 28.1 Å². The molecule has 0 N–H and O–H groups in total. The molecule has 2 aliphatic rings. The number of hydrogen-bond donors (Lipinski definition) is 0. The van der Waals surface area contributed by atoms with Gasteiger partial charge in [0.1, 0.15) is 5.82 Å². The van der Waals surface area contributed by atoms with Crippen molar-refractivity contribution in [2.75, 3.05) is 26.7 Å². The number of ether oxygens (including phenoxy) is 1. The van der Waals surface area contributed by atoms with Crippen LogP contribution in [0.25, 0.3) is 0 Å². The van der Waals surface area contributed by atoms with Gasteiger partial charge in [-0.3, -0.25) is 4.99 Å². The molecule has 0 radical (unpaired) electrons. The predicted octanol–water partition coefficient (Wildman–Crippen LogP) is 3.44. The molecule has 1 saturated heterocycles. The van der Waals surface area contributed by atoms with Gasteiger partial charge in [-0.25, -0.2) is 4.39 Å². The molecule has 0 aromatic heterocycles. The van der Waals surface area contributed by atoms with Crippen molar-refractivity contribution in [3.63, 3.8) is 0 Å². The molecule has 0 amide bonds. The molecule has 2 aliphatic heterocycles. The van der Waals surface area contributed by atoms with Gasteiger partial charge in [-0.2, -0.15) is 13.2 Å². The van der Waals surface area contributed by atoms with E-state index in [1.807, 2.05) is 16.8 Å². The van der Waals surface area contributed by atoms with E-state index in [4.69, 9.17) is 4.74 Å². The molecular weight excluding hydrogens is 453 g/mol. The van der Waals surface area contributed by atoms with Crippen LogP contribution in [-0.2, 0) is 4.74 Å². The molecule has 1 aromatic rings. The number of aliphatic imine (C=N–C) groups is 1. The summed E-state index contributed by atoms with van der Waals surface area (Å²) in [5.41, 5.74) is 0.955. The van der Waals surface area contributed by atoms with Gasteiger partial charge >= 0.3 is 6.18 Å². The van der Waals surface area contributed by atoms with E-state index in [1.165, 1.54) is 12.1 Å². The summed E-state index contributed by atoms with van der Waals surface area (Å²) in [6.07, 6.45) is -6.54. The molecule has 4 nitrogen and oxygen atoms in total. The maximum Gasteiger partial charge on any atom is 0.414 e. The van der Waals surface area contributed by atoms with E-state index in [0.717, 1.165) is 18.4 Å². The van der Waals surface area contributed by atoms with Crippen LogP contribution < -0.4 is 0 Å². The van der Waals surface area contributed by atoms with E-state index < -0.39 is 18.4 Å². The first kappa shape index (κ1) is 20.2. The van der Waals surface area contributed by atoms with Crippen LogP contribution in [0.2, 0.25) is 0 Å². The number of nitrogens with zero attached hydrogens (tertiary/aromatic N) is 3. The molecule has 1 aromatic carbocycles. The number of likely N-dealkylation sites (tertiary alicyclic amines) is 1. The molecule has 3 rings (SSSR count). The van der Waals surface area contributed by atoms with Gasteiger partial charge in [-0.15, -0.1) is 24.0 Å². The maximum absolute atomic E-state index is 13.0. The van der Waals surface area contributed by atoms with Crippen molar-refractivity contribution in [3.05, 3.63) is 35.6 Å². The Morgan fingerprint density at radius 1 is 1.20 bits per heavy atom. The summed E-state index contributed by atoms with van der Waals surface area (Å²) in [5.74, 6) is 0.450. The van der Waals surface area contributed by atoms with E-state index in [2.05, 4.69) is 4.99 Å². The summed E-state index contributed by atoms with van der Waals surface area (Å²) in [5, 5.41) is 0. The van der Waals surface area contributed by atoms with E-state index in [-0.39, 0.29) is 35.8 Å². The second kappa shape index (κ2) is 7.65. The summed E-state index contributed by atoms with van der Waals surface area (Å²) in [6.45, 7) is 2.34. The predicted molar refractivity (Wildman–Crippen MR) is 96.6 cm³/mol. The molecule has 2 atom stereocenters. The van der Waals surface area contributed by atoms with Crippen molar-refractivity contribution in [1.29, 1.82) is 0 Å². The van der Waals surface area contributed by atoms with E-state index in [9.17, 15) is 17.6 Å². The molecule has 0 bridgehead atoms. The Morgan fingerprint density at radius 3 is 2.36 bits per heavy atom. The zero-order valence-corrected chi connectivity index (χ0v) is 16.2. The summed E-state index contributed by atoms with van der Waals surface area (Å²) < 4.78 is 55.5. The standard InChI is InChI=1S/C16H19F4N3O.HI/c1-10(16(18,19)20)24-13-8-23(9-13)15-21-7-14(22(15)2)11-3-5-12(17)6-4-11;/h3-6,10,13-14H,7-9H2,1-2H3;1H. The van der Waals surface area contributed by atoms with Crippen molar-refractivity contribution < 1.29 is 22.3 Å². The molecule has 0 saturated carbocycles. The second-order valence-electron chi connectivity index (χ2n) is 6.17. The number of benzene rings is 1. The first-order valence-electron chi connectivity index (χ1n) is 7.75. The fourth-order valence-corrected chi connectivity index (χ4v) is 2.93. The average Bonchev–Trinajstić information content (AvgIpc) is 2.83. The third-order valence-electron chi connectivity index (χ3n) is 4.43. The van der Waals surface area contributed by atoms with E-state index >= 15 is 0 Å². The second-order valence-corrected chi connectivity index (χ2v) is 6.17. The van der Waals surface area contributed by atoms with Gasteiger partial charge < -0.3 is 14.5 Å².